The smallest absolute Gasteiger partial charge is 0.273 e. The number of aromatic nitrogens is 2. The molecule has 0 bridgehead atoms. The molecule has 0 saturated carbocycles. The van der Waals surface area contributed by atoms with Crippen LogP contribution in [0, 0.1) is 22.4 Å². The van der Waals surface area contributed by atoms with E-state index in [1.54, 1.807) is 16.7 Å². The molecule has 0 spiro atoms. The van der Waals surface area contributed by atoms with Crippen LogP contribution in [0.1, 0.15) is 30.9 Å². The monoisotopic (exact) mass is 382 g/mol. The number of hydrogen-bond acceptors (Lipinski definition) is 5. The maximum Gasteiger partial charge on any atom is 0.273 e. The lowest BCUT2D eigenvalue weighted by Gasteiger charge is -2.33. The molecule has 1 fully saturated rings. The molecule has 1 aliphatic rings. The minimum atomic E-state index is -0.414. The summed E-state index contributed by atoms with van der Waals surface area (Å²) in [5.41, 5.74) is 1.43. The van der Waals surface area contributed by atoms with Crippen molar-refractivity contribution in [2.24, 2.45) is 5.92 Å². The number of rotatable bonds is 3. The van der Waals surface area contributed by atoms with Crippen LogP contribution >= 0.6 is 11.3 Å². The van der Waals surface area contributed by atoms with Gasteiger partial charge in [0.05, 0.1) is 23.7 Å². The Labute approximate surface area is 160 Å². The molecule has 1 aliphatic heterocycles. The molecule has 1 aromatic carbocycles. The maximum atomic E-state index is 13.8. The van der Waals surface area contributed by atoms with Gasteiger partial charge in [-0.3, -0.25) is 9.36 Å². The van der Waals surface area contributed by atoms with Crippen molar-refractivity contribution in [1.82, 2.24) is 9.55 Å². The van der Waals surface area contributed by atoms with Crippen LogP contribution in [0.2, 0.25) is 0 Å². The number of hydrogen-bond donors (Lipinski definition) is 0. The van der Waals surface area contributed by atoms with Crippen LogP contribution in [0.4, 0.5) is 10.3 Å². The second-order valence-electron chi connectivity index (χ2n) is 7.03. The van der Waals surface area contributed by atoms with Crippen molar-refractivity contribution in [3.63, 3.8) is 0 Å². The summed E-state index contributed by atoms with van der Waals surface area (Å²) in [6, 6.07) is 10.7. The standard InChI is InChI=1S/C20H19FN4OS/c1-13-5-4-8-24(11-13)20-23-16-9-17(21)27-18(16)19(26)25(20)12-15-7-3-2-6-14(15)10-22/h2-3,6-7,9,13H,4-5,8,11-12H2,1H3. The van der Waals surface area contributed by atoms with Crippen molar-refractivity contribution in [3.8, 4) is 6.07 Å². The van der Waals surface area contributed by atoms with Gasteiger partial charge in [0.15, 0.2) is 5.13 Å². The first-order chi connectivity index (χ1) is 13.1. The molecular weight excluding hydrogens is 363 g/mol. The van der Waals surface area contributed by atoms with E-state index >= 15 is 0 Å². The lowest BCUT2D eigenvalue weighted by molar-refractivity contribution is 0.437. The minimum Gasteiger partial charge on any atom is -0.342 e. The summed E-state index contributed by atoms with van der Waals surface area (Å²) < 4.78 is 15.7. The SMILES string of the molecule is CC1CCCN(c2nc3cc(F)sc3c(=O)n2Cc2ccccc2C#N)C1. The topological polar surface area (TPSA) is 61.9 Å². The molecule has 0 radical (unpaired) electrons. The third kappa shape index (κ3) is 3.33. The highest BCUT2D eigenvalue weighted by molar-refractivity contribution is 7.17. The summed E-state index contributed by atoms with van der Waals surface area (Å²) in [6.45, 7) is 4.05. The Morgan fingerprint density at radius 2 is 2.22 bits per heavy atom. The molecular formula is C20H19FN4OS. The number of fused-ring (bicyclic) bond motifs is 1. The molecule has 0 aliphatic carbocycles. The van der Waals surface area contributed by atoms with E-state index in [1.165, 1.54) is 6.07 Å². The van der Waals surface area contributed by atoms with E-state index in [2.05, 4.69) is 22.9 Å². The number of thiophene rings is 1. The molecule has 1 saturated heterocycles. The summed E-state index contributed by atoms with van der Waals surface area (Å²) in [5, 5.41) is 8.97. The number of benzene rings is 1. The molecule has 138 valence electrons. The van der Waals surface area contributed by atoms with Crippen LogP contribution in [-0.2, 0) is 6.54 Å². The molecule has 4 rings (SSSR count). The van der Waals surface area contributed by atoms with E-state index in [4.69, 9.17) is 0 Å². The third-order valence-corrected chi connectivity index (χ3v) is 5.89. The Morgan fingerprint density at radius 3 is 3.00 bits per heavy atom. The van der Waals surface area contributed by atoms with E-state index in [-0.39, 0.29) is 12.1 Å². The Balaban J connectivity index is 1.88. The Hall–Kier alpha value is -2.72. The van der Waals surface area contributed by atoms with Crippen molar-refractivity contribution in [2.75, 3.05) is 18.0 Å². The number of anilines is 1. The summed E-state index contributed by atoms with van der Waals surface area (Å²) in [6.07, 6.45) is 2.18. The fraction of sp³-hybridized carbons (Fsp3) is 0.350. The van der Waals surface area contributed by atoms with Crippen LogP contribution in [-0.4, -0.2) is 22.6 Å². The van der Waals surface area contributed by atoms with Crippen molar-refractivity contribution in [3.05, 3.63) is 56.9 Å². The summed E-state index contributed by atoms with van der Waals surface area (Å²) >= 11 is 0.823. The maximum absolute atomic E-state index is 13.8. The van der Waals surface area contributed by atoms with Crippen LogP contribution < -0.4 is 10.5 Å². The van der Waals surface area contributed by atoms with Gasteiger partial charge >= 0.3 is 0 Å². The third-order valence-electron chi connectivity index (χ3n) is 4.99. The largest absolute Gasteiger partial charge is 0.342 e. The Kier molecular flexibility index (Phi) is 4.66. The fourth-order valence-corrected chi connectivity index (χ4v) is 4.43. The molecule has 7 heteroatoms. The number of halogens is 1. The van der Waals surface area contributed by atoms with Gasteiger partial charge in [-0.1, -0.05) is 36.5 Å². The van der Waals surface area contributed by atoms with E-state index in [0.29, 0.717) is 27.6 Å². The van der Waals surface area contributed by atoms with Crippen LogP contribution in [0.5, 0.6) is 0 Å². The van der Waals surface area contributed by atoms with Crippen molar-refractivity contribution >= 4 is 27.5 Å². The lowest BCUT2D eigenvalue weighted by atomic mass is 10.0. The van der Waals surface area contributed by atoms with E-state index in [1.807, 2.05) is 12.1 Å². The highest BCUT2D eigenvalue weighted by Gasteiger charge is 2.23. The average Bonchev–Trinajstić information content (AvgIpc) is 3.05. The molecule has 0 N–H and O–H groups in total. The highest BCUT2D eigenvalue weighted by Crippen LogP contribution is 2.26. The van der Waals surface area contributed by atoms with Gasteiger partial charge in [0.1, 0.15) is 4.70 Å². The van der Waals surface area contributed by atoms with E-state index < -0.39 is 5.13 Å². The molecule has 27 heavy (non-hydrogen) atoms. The van der Waals surface area contributed by atoms with Crippen LogP contribution in [0.3, 0.4) is 0 Å². The normalized spacial score (nSPS) is 17.2. The predicted octanol–water partition coefficient (Wildman–Crippen LogP) is 3.75. The van der Waals surface area contributed by atoms with Gasteiger partial charge in [-0.2, -0.15) is 9.65 Å². The van der Waals surface area contributed by atoms with Crippen molar-refractivity contribution in [1.29, 1.82) is 5.26 Å². The zero-order valence-corrected chi connectivity index (χ0v) is 15.8. The molecule has 1 unspecified atom stereocenters. The highest BCUT2D eigenvalue weighted by atomic mass is 32.1. The van der Waals surface area contributed by atoms with Gasteiger partial charge < -0.3 is 4.90 Å². The molecule has 2 aromatic heterocycles. The Bertz CT molecular complexity index is 1100. The first kappa shape index (κ1) is 17.7. The van der Waals surface area contributed by atoms with Crippen LogP contribution in [0.15, 0.2) is 35.1 Å². The van der Waals surface area contributed by atoms with Crippen LogP contribution in [0.25, 0.3) is 10.2 Å². The van der Waals surface area contributed by atoms with Crippen molar-refractivity contribution in [2.45, 2.75) is 26.3 Å². The first-order valence-corrected chi connectivity index (χ1v) is 9.81. The molecule has 5 nitrogen and oxygen atoms in total. The van der Waals surface area contributed by atoms with E-state index in [0.717, 1.165) is 42.8 Å². The van der Waals surface area contributed by atoms with Gasteiger partial charge in [0.2, 0.25) is 5.95 Å². The van der Waals surface area contributed by atoms with Gasteiger partial charge in [0, 0.05) is 19.2 Å². The summed E-state index contributed by atoms with van der Waals surface area (Å²) in [4.78, 5) is 19.9. The van der Waals surface area contributed by atoms with Crippen molar-refractivity contribution < 1.29 is 4.39 Å². The zero-order chi connectivity index (χ0) is 19.0. The molecule has 3 heterocycles. The number of piperidine rings is 1. The molecule has 3 aromatic rings. The minimum absolute atomic E-state index is 0.241. The predicted molar refractivity (Wildman–Crippen MR) is 105 cm³/mol. The number of nitriles is 1. The fourth-order valence-electron chi connectivity index (χ4n) is 3.66. The van der Waals surface area contributed by atoms with Gasteiger partial charge in [0.25, 0.3) is 5.56 Å². The molecule has 1 atom stereocenters. The summed E-state index contributed by atoms with van der Waals surface area (Å²) in [7, 11) is 0. The quantitative estimate of drug-likeness (QED) is 0.692. The second kappa shape index (κ2) is 7.12. The van der Waals surface area contributed by atoms with Gasteiger partial charge in [-0.05, 0) is 30.4 Å². The summed E-state index contributed by atoms with van der Waals surface area (Å²) in [5.74, 6) is 1.06. The van der Waals surface area contributed by atoms with E-state index in [9.17, 15) is 14.4 Å². The molecule has 0 amide bonds. The number of nitrogens with zero attached hydrogens (tertiary/aromatic N) is 4. The second-order valence-corrected chi connectivity index (χ2v) is 8.03. The first-order valence-electron chi connectivity index (χ1n) is 8.99. The van der Waals surface area contributed by atoms with Gasteiger partial charge in [-0.15, -0.1) is 0 Å². The van der Waals surface area contributed by atoms with Gasteiger partial charge in [-0.25, -0.2) is 4.98 Å². The zero-order valence-electron chi connectivity index (χ0n) is 15.0. The average molecular weight is 382 g/mol. The lowest BCUT2D eigenvalue weighted by Crippen LogP contribution is -2.39. The Morgan fingerprint density at radius 1 is 1.41 bits per heavy atom.